The molecule has 0 aromatic rings. The van der Waals surface area contributed by atoms with Gasteiger partial charge in [0.2, 0.25) is 5.91 Å². The molecule has 0 aliphatic heterocycles. The first kappa shape index (κ1) is 12.8. The van der Waals surface area contributed by atoms with Crippen LogP contribution < -0.4 is 5.32 Å². The van der Waals surface area contributed by atoms with Crippen LogP contribution in [-0.2, 0) is 4.79 Å². The molecule has 0 heterocycles. The van der Waals surface area contributed by atoms with Gasteiger partial charge in [-0.3, -0.25) is 4.79 Å². The third kappa shape index (κ3) is 9.70. The van der Waals surface area contributed by atoms with Crippen molar-refractivity contribution in [2.24, 2.45) is 0 Å². The van der Waals surface area contributed by atoms with Crippen LogP contribution in [0.4, 0.5) is 0 Å². The highest BCUT2D eigenvalue weighted by Crippen LogP contribution is 1.90. The maximum absolute atomic E-state index is 11.0. The zero-order chi connectivity index (χ0) is 10.1. The molecule has 0 aliphatic rings. The van der Waals surface area contributed by atoms with Crippen LogP contribution in [0.2, 0.25) is 0 Å². The van der Waals surface area contributed by atoms with Gasteiger partial charge in [-0.1, -0.05) is 0 Å². The van der Waals surface area contributed by atoms with E-state index >= 15 is 0 Å². The van der Waals surface area contributed by atoms with E-state index in [1.54, 1.807) is 0 Å². The first-order valence-corrected chi connectivity index (χ1v) is 5.32. The van der Waals surface area contributed by atoms with E-state index in [-0.39, 0.29) is 5.91 Å². The van der Waals surface area contributed by atoms with E-state index in [1.165, 1.54) is 0 Å². The van der Waals surface area contributed by atoms with Gasteiger partial charge in [0.25, 0.3) is 0 Å². The molecule has 0 saturated heterocycles. The number of nitrogens with zero attached hydrogens (tertiary/aromatic N) is 1. The highest BCUT2D eigenvalue weighted by atomic mass is 32.1. The first-order valence-electron chi connectivity index (χ1n) is 4.69. The third-order valence-electron chi connectivity index (χ3n) is 1.69. The molecular formula is C9H20N2OS. The molecule has 78 valence electrons. The van der Waals surface area contributed by atoms with E-state index in [4.69, 9.17) is 0 Å². The summed E-state index contributed by atoms with van der Waals surface area (Å²) < 4.78 is 0. The second-order valence-electron chi connectivity index (χ2n) is 3.33. The Hall–Kier alpha value is -0.220. The number of carbonyl (C=O) groups excluding carboxylic acids is 1. The quantitative estimate of drug-likeness (QED) is 0.474. The van der Waals surface area contributed by atoms with E-state index in [9.17, 15) is 4.79 Å². The maximum Gasteiger partial charge on any atom is 0.220 e. The molecule has 0 rings (SSSR count). The fraction of sp³-hybridized carbons (Fsp3) is 0.889. The molecule has 1 N–H and O–H groups in total. The van der Waals surface area contributed by atoms with Gasteiger partial charge in [0.1, 0.15) is 0 Å². The molecule has 0 bridgehead atoms. The van der Waals surface area contributed by atoms with E-state index < -0.39 is 0 Å². The van der Waals surface area contributed by atoms with Crippen LogP contribution in [0.5, 0.6) is 0 Å². The molecule has 0 spiro atoms. The summed E-state index contributed by atoms with van der Waals surface area (Å²) in [4.78, 5) is 13.1. The lowest BCUT2D eigenvalue weighted by molar-refractivity contribution is -0.120. The molecule has 0 aliphatic carbocycles. The molecule has 4 heteroatoms. The van der Waals surface area contributed by atoms with E-state index in [0.29, 0.717) is 12.2 Å². The van der Waals surface area contributed by atoms with E-state index in [2.05, 4.69) is 36.9 Å². The molecule has 0 unspecified atom stereocenters. The van der Waals surface area contributed by atoms with Crippen molar-refractivity contribution < 1.29 is 4.79 Å². The average molecular weight is 204 g/mol. The predicted octanol–water partition coefficient (Wildman–Crippen LogP) is 0.764. The monoisotopic (exact) mass is 204 g/mol. The molecule has 0 radical (unpaired) electrons. The van der Waals surface area contributed by atoms with Crippen LogP contribution in [0, 0.1) is 0 Å². The Morgan fingerprint density at radius 1 is 1.38 bits per heavy atom. The second kappa shape index (κ2) is 8.38. The van der Waals surface area contributed by atoms with Crippen molar-refractivity contribution in [3.05, 3.63) is 0 Å². The zero-order valence-corrected chi connectivity index (χ0v) is 9.44. The Balaban J connectivity index is 3.11. The minimum absolute atomic E-state index is 0.111. The lowest BCUT2D eigenvalue weighted by Gasteiger charge is -2.09. The average Bonchev–Trinajstić information content (AvgIpc) is 2.03. The van der Waals surface area contributed by atoms with Gasteiger partial charge in [-0.2, -0.15) is 12.6 Å². The summed E-state index contributed by atoms with van der Waals surface area (Å²) in [5.74, 6) is 0.739. The van der Waals surface area contributed by atoms with Crippen LogP contribution in [0.3, 0.4) is 0 Å². The van der Waals surface area contributed by atoms with Gasteiger partial charge in [-0.15, -0.1) is 0 Å². The number of unbranched alkanes of at least 4 members (excludes halogenated alkanes) is 1. The Morgan fingerprint density at radius 2 is 2.08 bits per heavy atom. The van der Waals surface area contributed by atoms with Crippen LogP contribution in [0.1, 0.15) is 19.3 Å². The summed E-state index contributed by atoms with van der Waals surface area (Å²) in [6, 6.07) is 0. The lowest BCUT2D eigenvalue weighted by atomic mass is 10.3. The van der Waals surface area contributed by atoms with Crippen molar-refractivity contribution in [1.82, 2.24) is 10.2 Å². The molecule has 3 nitrogen and oxygen atoms in total. The minimum atomic E-state index is 0.111. The molecular weight excluding hydrogens is 184 g/mol. The van der Waals surface area contributed by atoms with Crippen LogP contribution in [0.25, 0.3) is 0 Å². The smallest absolute Gasteiger partial charge is 0.220 e. The summed E-state index contributed by atoms with van der Waals surface area (Å²) in [6.45, 7) is 1.88. The maximum atomic E-state index is 11.0. The van der Waals surface area contributed by atoms with Gasteiger partial charge in [-0.05, 0) is 39.2 Å². The van der Waals surface area contributed by atoms with Crippen molar-refractivity contribution in [2.45, 2.75) is 19.3 Å². The fourth-order valence-electron chi connectivity index (χ4n) is 0.971. The molecule has 0 fully saturated rings. The van der Waals surface area contributed by atoms with Gasteiger partial charge in [-0.25, -0.2) is 0 Å². The van der Waals surface area contributed by atoms with Gasteiger partial charge in [0, 0.05) is 13.0 Å². The van der Waals surface area contributed by atoms with Crippen molar-refractivity contribution in [3.63, 3.8) is 0 Å². The fourth-order valence-corrected chi connectivity index (χ4v) is 1.17. The summed E-state index contributed by atoms with van der Waals surface area (Å²) in [5, 5.41) is 2.85. The number of amides is 1. The normalized spacial score (nSPS) is 10.5. The molecule has 0 atom stereocenters. The zero-order valence-electron chi connectivity index (χ0n) is 8.55. The highest BCUT2D eigenvalue weighted by Gasteiger charge is 1.97. The lowest BCUT2D eigenvalue weighted by Crippen LogP contribution is -2.25. The summed E-state index contributed by atoms with van der Waals surface area (Å²) in [7, 11) is 4.11. The topological polar surface area (TPSA) is 32.3 Å². The van der Waals surface area contributed by atoms with Gasteiger partial charge >= 0.3 is 0 Å². The number of rotatable bonds is 7. The van der Waals surface area contributed by atoms with Crippen molar-refractivity contribution >= 4 is 18.5 Å². The SMILES string of the molecule is CN(C)CCCCNC(=O)CCS. The standard InChI is InChI=1S/C9H20N2OS/c1-11(2)7-4-3-6-10-9(12)5-8-13/h13H,3-8H2,1-2H3,(H,10,12). The molecule has 13 heavy (non-hydrogen) atoms. The van der Waals surface area contributed by atoms with Crippen LogP contribution in [0.15, 0.2) is 0 Å². The Kier molecular flexibility index (Phi) is 8.24. The van der Waals surface area contributed by atoms with Crippen LogP contribution in [-0.4, -0.2) is 43.7 Å². The Morgan fingerprint density at radius 3 is 2.62 bits per heavy atom. The number of thiol groups is 1. The third-order valence-corrected chi connectivity index (χ3v) is 1.92. The van der Waals surface area contributed by atoms with Gasteiger partial charge in [0.15, 0.2) is 0 Å². The molecule has 0 aromatic carbocycles. The van der Waals surface area contributed by atoms with E-state index in [1.807, 2.05) is 0 Å². The number of carbonyl (C=O) groups is 1. The van der Waals surface area contributed by atoms with E-state index in [0.717, 1.165) is 25.9 Å². The summed E-state index contributed by atoms with van der Waals surface area (Å²) >= 11 is 3.98. The summed E-state index contributed by atoms with van der Waals surface area (Å²) in [5.41, 5.74) is 0. The van der Waals surface area contributed by atoms with Gasteiger partial charge in [0.05, 0.1) is 0 Å². The van der Waals surface area contributed by atoms with Crippen molar-refractivity contribution in [1.29, 1.82) is 0 Å². The highest BCUT2D eigenvalue weighted by molar-refractivity contribution is 7.80. The molecule has 1 amide bonds. The Labute approximate surface area is 86.3 Å². The summed E-state index contributed by atoms with van der Waals surface area (Å²) in [6.07, 6.45) is 2.71. The first-order chi connectivity index (χ1) is 6.16. The predicted molar refractivity (Wildman–Crippen MR) is 59.3 cm³/mol. The van der Waals surface area contributed by atoms with Crippen molar-refractivity contribution in [2.75, 3.05) is 32.9 Å². The van der Waals surface area contributed by atoms with Crippen molar-refractivity contribution in [3.8, 4) is 0 Å². The largest absolute Gasteiger partial charge is 0.356 e. The molecule has 0 aromatic heterocycles. The Bertz CT molecular complexity index is 140. The van der Waals surface area contributed by atoms with Gasteiger partial charge < -0.3 is 10.2 Å². The number of hydrogen-bond acceptors (Lipinski definition) is 3. The second-order valence-corrected chi connectivity index (χ2v) is 3.78. The van der Waals surface area contributed by atoms with Crippen LogP contribution >= 0.6 is 12.6 Å². The molecule has 0 saturated carbocycles. The minimum Gasteiger partial charge on any atom is -0.356 e. The number of nitrogens with one attached hydrogen (secondary N) is 1. The number of hydrogen-bond donors (Lipinski definition) is 2.